The zero-order chi connectivity index (χ0) is 8.27. The van der Waals surface area contributed by atoms with E-state index in [-0.39, 0.29) is 18.4 Å². The number of nitrogens with zero attached hydrogens (tertiary/aromatic N) is 1. The number of nitrogen functional groups attached to an aromatic ring is 1. The van der Waals surface area contributed by atoms with Crippen molar-refractivity contribution in [2.45, 2.75) is 13.5 Å². The summed E-state index contributed by atoms with van der Waals surface area (Å²) in [5, 5.41) is 12.2. The highest BCUT2D eigenvalue weighted by molar-refractivity contribution is 5.42. The van der Waals surface area contributed by atoms with Crippen LogP contribution in [0.3, 0.4) is 0 Å². The van der Waals surface area contributed by atoms with Gasteiger partial charge in [0, 0.05) is 0 Å². The van der Waals surface area contributed by atoms with Crippen molar-refractivity contribution in [3.63, 3.8) is 0 Å². The van der Waals surface area contributed by atoms with Crippen LogP contribution in [0.4, 0.5) is 5.82 Å². The number of hydrogen-bond donors (Lipinski definition) is 2. The Hall–Kier alpha value is -1.23. The SMILES string of the molecule is CCOc1onc(N)c1CO. The van der Waals surface area contributed by atoms with Gasteiger partial charge in [-0.15, -0.1) is 0 Å². The molecule has 0 aromatic carbocycles. The van der Waals surface area contributed by atoms with Gasteiger partial charge in [0.05, 0.1) is 13.2 Å². The summed E-state index contributed by atoms with van der Waals surface area (Å²) in [6, 6.07) is 0. The van der Waals surface area contributed by atoms with Gasteiger partial charge in [-0.1, -0.05) is 5.16 Å². The highest BCUT2D eigenvalue weighted by Crippen LogP contribution is 2.23. The average Bonchev–Trinajstić information content (AvgIpc) is 2.33. The third kappa shape index (κ3) is 1.43. The highest BCUT2D eigenvalue weighted by Gasteiger charge is 2.12. The second kappa shape index (κ2) is 3.25. The van der Waals surface area contributed by atoms with Crippen LogP contribution in [0.15, 0.2) is 4.52 Å². The molecule has 0 amide bonds. The summed E-state index contributed by atoms with van der Waals surface area (Å²) in [5.74, 6) is 0.378. The quantitative estimate of drug-likeness (QED) is 0.654. The molecule has 0 unspecified atom stereocenters. The summed E-state index contributed by atoms with van der Waals surface area (Å²) in [6.45, 7) is 2.05. The first kappa shape index (κ1) is 7.87. The van der Waals surface area contributed by atoms with Crippen molar-refractivity contribution < 1.29 is 14.4 Å². The first-order valence-electron chi connectivity index (χ1n) is 3.27. The van der Waals surface area contributed by atoms with Crippen LogP contribution >= 0.6 is 0 Å². The second-order valence-electron chi connectivity index (χ2n) is 1.92. The van der Waals surface area contributed by atoms with Crippen LogP contribution in [-0.2, 0) is 6.61 Å². The third-order valence-electron chi connectivity index (χ3n) is 1.22. The van der Waals surface area contributed by atoms with Crippen molar-refractivity contribution in [2.75, 3.05) is 12.3 Å². The Morgan fingerprint density at radius 1 is 1.73 bits per heavy atom. The van der Waals surface area contributed by atoms with Crippen molar-refractivity contribution in [1.29, 1.82) is 0 Å². The molecule has 11 heavy (non-hydrogen) atoms. The predicted octanol–water partition coefficient (Wildman–Crippen LogP) is 0.148. The Morgan fingerprint density at radius 2 is 2.45 bits per heavy atom. The van der Waals surface area contributed by atoms with Gasteiger partial charge in [0.1, 0.15) is 5.56 Å². The van der Waals surface area contributed by atoms with Crippen LogP contribution in [-0.4, -0.2) is 16.9 Å². The molecule has 1 aromatic rings. The molecule has 0 saturated heterocycles. The van der Waals surface area contributed by atoms with Gasteiger partial charge in [0.25, 0.3) is 0 Å². The zero-order valence-electron chi connectivity index (χ0n) is 6.20. The van der Waals surface area contributed by atoms with E-state index in [9.17, 15) is 0 Å². The zero-order valence-corrected chi connectivity index (χ0v) is 6.20. The minimum Gasteiger partial charge on any atom is -0.464 e. The van der Waals surface area contributed by atoms with Gasteiger partial charge < -0.3 is 20.1 Å². The molecule has 0 saturated carbocycles. The molecule has 1 aromatic heterocycles. The molecule has 0 aliphatic rings. The van der Waals surface area contributed by atoms with Gasteiger partial charge in [-0.25, -0.2) is 0 Å². The molecule has 0 bridgehead atoms. The summed E-state index contributed by atoms with van der Waals surface area (Å²) in [4.78, 5) is 0. The number of hydrogen-bond acceptors (Lipinski definition) is 5. The van der Waals surface area contributed by atoms with E-state index in [4.69, 9.17) is 15.6 Å². The molecule has 1 rings (SSSR count). The lowest BCUT2D eigenvalue weighted by molar-refractivity contribution is 0.211. The van der Waals surface area contributed by atoms with Crippen molar-refractivity contribution in [2.24, 2.45) is 0 Å². The average molecular weight is 158 g/mol. The summed E-state index contributed by atoms with van der Waals surface area (Å²) < 4.78 is 9.65. The minimum absolute atomic E-state index is 0.177. The Morgan fingerprint density at radius 3 is 3.00 bits per heavy atom. The maximum absolute atomic E-state index is 8.75. The number of anilines is 1. The highest BCUT2D eigenvalue weighted by atomic mass is 16.6. The fourth-order valence-electron chi connectivity index (χ4n) is 0.696. The number of ether oxygens (including phenoxy) is 1. The normalized spacial score (nSPS) is 10.0. The lowest BCUT2D eigenvalue weighted by Crippen LogP contribution is -1.96. The molecule has 5 nitrogen and oxygen atoms in total. The number of aliphatic hydroxyl groups is 1. The minimum atomic E-state index is -0.218. The molecule has 0 aliphatic heterocycles. The molecule has 0 atom stereocenters. The first-order chi connectivity index (χ1) is 5.29. The number of aromatic nitrogens is 1. The lowest BCUT2D eigenvalue weighted by Gasteiger charge is -1.97. The van der Waals surface area contributed by atoms with Crippen LogP contribution in [0.2, 0.25) is 0 Å². The van der Waals surface area contributed by atoms with E-state index in [1.165, 1.54) is 0 Å². The molecular formula is C6H10N2O3. The molecule has 5 heteroatoms. The monoisotopic (exact) mass is 158 g/mol. The number of rotatable bonds is 3. The van der Waals surface area contributed by atoms with Crippen molar-refractivity contribution in [3.8, 4) is 5.95 Å². The Bertz CT molecular complexity index is 234. The Kier molecular flexibility index (Phi) is 2.32. The summed E-state index contributed by atoms with van der Waals surface area (Å²) in [5.41, 5.74) is 5.75. The molecule has 62 valence electrons. The maximum Gasteiger partial charge on any atom is 0.319 e. The van der Waals surface area contributed by atoms with Crippen LogP contribution in [0.5, 0.6) is 5.95 Å². The van der Waals surface area contributed by atoms with Gasteiger partial charge in [0.2, 0.25) is 0 Å². The first-order valence-corrected chi connectivity index (χ1v) is 3.27. The van der Waals surface area contributed by atoms with Gasteiger partial charge >= 0.3 is 5.95 Å². The second-order valence-corrected chi connectivity index (χ2v) is 1.92. The molecule has 0 spiro atoms. The largest absolute Gasteiger partial charge is 0.464 e. The van der Waals surface area contributed by atoms with Gasteiger partial charge in [0.15, 0.2) is 5.82 Å². The summed E-state index contributed by atoms with van der Waals surface area (Å²) in [7, 11) is 0. The van der Waals surface area contributed by atoms with Crippen LogP contribution in [0, 0.1) is 0 Å². The van der Waals surface area contributed by atoms with Gasteiger partial charge in [-0.2, -0.15) is 0 Å². The molecule has 0 aliphatic carbocycles. The lowest BCUT2D eigenvalue weighted by atomic mass is 10.3. The molecule has 1 heterocycles. The van der Waals surface area contributed by atoms with E-state index in [1.807, 2.05) is 0 Å². The molecule has 0 radical (unpaired) electrons. The van der Waals surface area contributed by atoms with Crippen molar-refractivity contribution >= 4 is 5.82 Å². The van der Waals surface area contributed by atoms with E-state index >= 15 is 0 Å². The summed E-state index contributed by atoms with van der Waals surface area (Å²) >= 11 is 0. The van der Waals surface area contributed by atoms with Crippen LogP contribution in [0.25, 0.3) is 0 Å². The Balaban J connectivity index is 2.86. The van der Waals surface area contributed by atoms with Crippen molar-refractivity contribution in [1.82, 2.24) is 5.16 Å². The smallest absolute Gasteiger partial charge is 0.319 e. The van der Waals surface area contributed by atoms with Crippen molar-refractivity contribution in [3.05, 3.63) is 5.56 Å². The van der Waals surface area contributed by atoms with E-state index in [0.29, 0.717) is 12.2 Å². The molecular weight excluding hydrogens is 148 g/mol. The topological polar surface area (TPSA) is 81.5 Å². The van der Waals surface area contributed by atoms with E-state index < -0.39 is 0 Å². The van der Waals surface area contributed by atoms with E-state index in [1.54, 1.807) is 6.92 Å². The summed E-state index contributed by atoms with van der Waals surface area (Å²) in [6.07, 6.45) is 0. The molecule has 0 fully saturated rings. The van der Waals surface area contributed by atoms with E-state index in [0.717, 1.165) is 0 Å². The number of aliphatic hydroxyl groups excluding tert-OH is 1. The standard InChI is InChI=1S/C6H10N2O3/c1-2-10-6-4(3-9)5(7)8-11-6/h9H,2-3H2,1H3,(H2,7,8). The fraction of sp³-hybridized carbons (Fsp3) is 0.500. The van der Waals surface area contributed by atoms with Gasteiger partial charge in [-0.3, -0.25) is 0 Å². The van der Waals surface area contributed by atoms with E-state index in [2.05, 4.69) is 9.68 Å². The van der Waals surface area contributed by atoms with Crippen LogP contribution in [0.1, 0.15) is 12.5 Å². The molecule has 3 N–H and O–H groups in total. The third-order valence-corrected chi connectivity index (χ3v) is 1.22. The Labute approximate surface area is 63.7 Å². The predicted molar refractivity (Wildman–Crippen MR) is 38.0 cm³/mol. The number of nitrogens with two attached hydrogens (primary N) is 1. The fourth-order valence-corrected chi connectivity index (χ4v) is 0.696. The van der Waals surface area contributed by atoms with Gasteiger partial charge in [-0.05, 0) is 6.92 Å². The maximum atomic E-state index is 8.75. The van der Waals surface area contributed by atoms with Crippen LogP contribution < -0.4 is 10.5 Å².